The Bertz CT molecular complexity index is 460. The number of carbonyl (C=O) groups is 1. The number of rotatable bonds is 11. The van der Waals surface area contributed by atoms with E-state index in [1.807, 2.05) is 43.5 Å². The highest BCUT2D eigenvalue weighted by Crippen LogP contribution is 2.29. The van der Waals surface area contributed by atoms with Crippen molar-refractivity contribution in [3.8, 4) is 5.75 Å². The molecule has 0 bridgehead atoms. The molecule has 1 rings (SSSR count). The van der Waals surface area contributed by atoms with Gasteiger partial charge < -0.3 is 9.64 Å². The van der Waals surface area contributed by atoms with E-state index >= 15 is 0 Å². The zero-order valence-corrected chi connectivity index (χ0v) is 15.2. The van der Waals surface area contributed by atoms with Crippen LogP contribution in [0.4, 0.5) is 0 Å². The van der Waals surface area contributed by atoms with Crippen LogP contribution >= 0.6 is 11.8 Å². The molecule has 1 aromatic carbocycles. The summed E-state index contributed by atoms with van der Waals surface area (Å²) in [7, 11) is 3.96. The predicted octanol–water partition coefficient (Wildman–Crippen LogP) is 4.50. The molecule has 0 aliphatic rings. The van der Waals surface area contributed by atoms with Crippen molar-refractivity contribution >= 4 is 17.5 Å². The lowest BCUT2D eigenvalue weighted by Crippen LogP contribution is -2.16. The van der Waals surface area contributed by atoms with Gasteiger partial charge in [-0.3, -0.25) is 4.79 Å². The van der Waals surface area contributed by atoms with Crippen LogP contribution < -0.4 is 4.74 Å². The third-order valence-electron chi connectivity index (χ3n) is 3.53. The molecule has 3 nitrogen and oxygen atoms in total. The number of ketones is 1. The molecule has 1 aromatic rings. The Labute approximate surface area is 139 Å². The fourth-order valence-corrected chi connectivity index (χ4v) is 2.71. The summed E-state index contributed by atoms with van der Waals surface area (Å²) in [6.07, 6.45) is 7.38. The maximum absolute atomic E-state index is 12.2. The Hall–Kier alpha value is -1.00. The molecule has 0 unspecified atom stereocenters. The largest absolute Gasteiger partial charge is 0.492 e. The van der Waals surface area contributed by atoms with Crippen molar-refractivity contribution in [1.29, 1.82) is 0 Å². The van der Waals surface area contributed by atoms with Crippen LogP contribution in [0, 0.1) is 0 Å². The minimum atomic E-state index is 0.193. The summed E-state index contributed by atoms with van der Waals surface area (Å²) in [5.74, 6) is 1.09. The molecule has 0 radical (unpaired) electrons. The number of unbranched alkanes of at least 4 members (excludes halogenated alkanes) is 3. The lowest BCUT2D eigenvalue weighted by molar-refractivity contribution is 0.0972. The monoisotopic (exact) mass is 323 g/mol. The van der Waals surface area contributed by atoms with E-state index in [-0.39, 0.29) is 5.78 Å². The van der Waals surface area contributed by atoms with Gasteiger partial charge in [-0.2, -0.15) is 0 Å². The average molecular weight is 324 g/mol. The van der Waals surface area contributed by atoms with E-state index in [9.17, 15) is 4.79 Å². The topological polar surface area (TPSA) is 29.5 Å². The van der Waals surface area contributed by atoms with Crippen LogP contribution in [0.2, 0.25) is 0 Å². The maximum Gasteiger partial charge on any atom is 0.164 e. The van der Waals surface area contributed by atoms with Crippen LogP contribution in [-0.4, -0.2) is 44.2 Å². The molecule has 124 valence electrons. The van der Waals surface area contributed by atoms with Crippen LogP contribution in [0.5, 0.6) is 5.75 Å². The highest BCUT2D eigenvalue weighted by atomic mass is 32.2. The summed E-state index contributed by atoms with van der Waals surface area (Å²) >= 11 is 1.63. The zero-order chi connectivity index (χ0) is 16.4. The van der Waals surface area contributed by atoms with Crippen molar-refractivity contribution in [1.82, 2.24) is 4.90 Å². The van der Waals surface area contributed by atoms with Crippen molar-refractivity contribution in [2.24, 2.45) is 0 Å². The van der Waals surface area contributed by atoms with Crippen molar-refractivity contribution in [3.05, 3.63) is 23.8 Å². The lowest BCUT2D eigenvalue weighted by atomic mass is 10.1. The smallest absolute Gasteiger partial charge is 0.164 e. The number of nitrogens with zero attached hydrogens (tertiary/aromatic N) is 1. The first kappa shape index (κ1) is 19.0. The van der Waals surface area contributed by atoms with Gasteiger partial charge in [0.05, 0.1) is 6.61 Å². The Morgan fingerprint density at radius 2 is 2.00 bits per heavy atom. The van der Waals surface area contributed by atoms with E-state index in [0.717, 1.165) is 35.8 Å². The van der Waals surface area contributed by atoms with Gasteiger partial charge in [-0.05, 0) is 45.0 Å². The molecule has 0 aliphatic carbocycles. The summed E-state index contributed by atoms with van der Waals surface area (Å²) in [6, 6.07) is 5.79. The summed E-state index contributed by atoms with van der Waals surface area (Å²) < 4.78 is 5.87. The standard InChI is InChI=1S/C18H29NO2S/c1-5-6-7-8-13-21-17-10-9-15(14-18(17)22-4)16(20)11-12-19(2)3/h9-10,14H,5-8,11-13H2,1-4H3. The van der Waals surface area contributed by atoms with Crippen LogP contribution in [0.15, 0.2) is 23.1 Å². The van der Waals surface area contributed by atoms with E-state index in [1.54, 1.807) is 11.8 Å². The highest BCUT2D eigenvalue weighted by Gasteiger charge is 2.10. The molecule has 0 saturated heterocycles. The first-order chi connectivity index (χ1) is 10.6. The summed E-state index contributed by atoms with van der Waals surface area (Å²) in [5, 5.41) is 0. The quantitative estimate of drug-likeness (QED) is 0.341. The van der Waals surface area contributed by atoms with Crippen molar-refractivity contribution in [2.45, 2.75) is 43.9 Å². The number of thioether (sulfide) groups is 1. The van der Waals surface area contributed by atoms with Crippen molar-refractivity contribution < 1.29 is 9.53 Å². The second-order valence-electron chi connectivity index (χ2n) is 5.75. The van der Waals surface area contributed by atoms with Gasteiger partial charge in [-0.25, -0.2) is 0 Å². The number of ether oxygens (including phenoxy) is 1. The maximum atomic E-state index is 12.2. The van der Waals surface area contributed by atoms with Crippen molar-refractivity contribution in [3.63, 3.8) is 0 Å². The molecule has 0 atom stereocenters. The molecule has 4 heteroatoms. The minimum absolute atomic E-state index is 0.193. The fourth-order valence-electron chi connectivity index (χ4n) is 2.14. The Kier molecular flexibility index (Phi) is 9.25. The molecule has 0 fully saturated rings. The number of carbonyl (C=O) groups excluding carboxylic acids is 1. The van der Waals surface area contributed by atoms with Gasteiger partial charge in [-0.1, -0.05) is 26.2 Å². The molecule has 22 heavy (non-hydrogen) atoms. The van der Waals surface area contributed by atoms with Gasteiger partial charge in [0.1, 0.15) is 5.75 Å². The molecule has 0 aliphatic heterocycles. The van der Waals surface area contributed by atoms with Gasteiger partial charge in [0.2, 0.25) is 0 Å². The zero-order valence-electron chi connectivity index (χ0n) is 14.4. The predicted molar refractivity (Wildman–Crippen MR) is 95.4 cm³/mol. The molecular formula is C18H29NO2S. The molecule has 0 aromatic heterocycles. The van der Waals surface area contributed by atoms with Gasteiger partial charge >= 0.3 is 0 Å². The van der Waals surface area contributed by atoms with Crippen LogP contribution in [-0.2, 0) is 0 Å². The third-order valence-corrected chi connectivity index (χ3v) is 4.29. The molecule has 0 amide bonds. The molecule has 0 N–H and O–H groups in total. The first-order valence-corrected chi connectivity index (χ1v) is 9.29. The Balaban J connectivity index is 2.60. The molecule has 0 heterocycles. The number of hydrogen-bond donors (Lipinski definition) is 0. The second kappa shape index (κ2) is 10.7. The van der Waals surface area contributed by atoms with Gasteiger partial charge in [0.15, 0.2) is 5.78 Å². The fraction of sp³-hybridized carbons (Fsp3) is 0.611. The van der Waals surface area contributed by atoms with E-state index in [2.05, 4.69) is 6.92 Å². The van der Waals surface area contributed by atoms with Crippen LogP contribution in [0.3, 0.4) is 0 Å². The van der Waals surface area contributed by atoms with Gasteiger partial charge in [0, 0.05) is 23.4 Å². The van der Waals surface area contributed by atoms with E-state index in [4.69, 9.17) is 4.74 Å². The Morgan fingerprint density at radius 1 is 1.23 bits per heavy atom. The Morgan fingerprint density at radius 3 is 2.64 bits per heavy atom. The van der Waals surface area contributed by atoms with Gasteiger partial charge in [0.25, 0.3) is 0 Å². The second-order valence-corrected chi connectivity index (χ2v) is 6.60. The van der Waals surface area contributed by atoms with E-state index in [1.165, 1.54) is 19.3 Å². The summed E-state index contributed by atoms with van der Waals surface area (Å²) in [6.45, 7) is 3.74. The normalized spacial score (nSPS) is 11.0. The van der Waals surface area contributed by atoms with E-state index in [0.29, 0.717) is 6.42 Å². The highest BCUT2D eigenvalue weighted by molar-refractivity contribution is 7.98. The third kappa shape index (κ3) is 6.84. The van der Waals surface area contributed by atoms with E-state index < -0.39 is 0 Å². The van der Waals surface area contributed by atoms with Crippen LogP contribution in [0.1, 0.15) is 49.4 Å². The van der Waals surface area contributed by atoms with Gasteiger partial charge in [-0.15, -0.1) is 11.8 Å². The number of hydrogen-bond acceptors (Lipinski definition) is 4. The summed E-state index contributed by atoms with van der Waals surface area (Å²) in [4.78, 5) is 15.3. The van der Waals surface area contributed by atoms with Crippen LogP contribution in [0.25, 0.3) is 0 Å². The van der Waals surface area contributed by atoms with Crippen molar-refractivity contribution in [2.75, 3.05) is 33.5 Å². The number of benzene rings is 1. The lowest BCUT2D eigenvalue weighted by Gasteiger charge is -2.12. The minimum Gasteiger partial charge on any atom is -0.492 e. The molecule has 0 saturated carbocycles. The molecular weight excluding hydrogens is 294 g/mol. The summed E-state index contributed by atoms with van der Waals surface area (Å²) in [5.41, 5.74) is 0.782. The SMILES string of the molecule is CCCCCCOc1ccc(C(=O)CCN(C)C)cc1SC. The number of Topliss-reactive ketones (excluding diaryl/α,β-unsaturated/α-hetero) is 1. The first-order valence-electron chi connectivity index (χ1n) is 8.07. The molecule has 0 spiro atoms. The average Bonchev–Trinajstić information content (AvgIpc) is 2.52.